The van der Waals surface area contributed by atoms with Gasteiger partial charge in [0.25, 0.3) is 0 Å². The molecule has 1 aromatic heterocycles. The summed E-state index contributed by atoms with van der Waals surface area (Å²) in [5, 5.41) is 9.99. The van der Waals surface area contributed by atoms with Crippen LogP contribution in [0.4, 0.5) is 0 Å². The number of aryl methyl sites for hydroxylation is 2. The predicted molar refractivity (Wildman–Crippen MR) is 74.8 cm³/mol. The van der Waals surface area contributed by atoms with Gasteiger partial charge in [0.15, 0.2) is 0 Å². The van der Waals surface area contributed by atoms with E-state index in [1.54, 1.807) is 18.0 Å². The molecule has 18 heavy (non-hydrogen) atoms. The number of thioether (sulfide) groups is 1. The van der Waals surface area contributed by atoms with E-state index in [0.717, 1.165) is 5.82 Å². The van der Waals surface area contributed by atoms with Gasteiger partial charge in [0.1, 0.15) is 5.82 Å². The Bertz CT molecular complexity index is 493. The molecule has 0 aliphatic heterocycles. The van der Waals surface area contributed by atoms with Gasteiger partial charge in [-0.05, 0) is 19.1 Å². The highest BCUT2D eigenvalue weighted by molar-refractivity contribution is 7.99. The molecule has 1 heterocycles. The van der Waals surface area contributed by atoms with Crippen LogP contribution in [0.25, 0.3) is 0 Å². The van der Waals surface area contributed by atoms with E-state index in [0.29, 0.717) is 12.2 Å². The van der Waals surface area contributed by atoms with Crippen LogP contribution in [0.15, 0.2) is 41.6 Å². The lowest BCUT2D eigenvalue weighted by molar-refractivity contribution is 0.196. The van der Waals surface area contributed by atoms with Crippen LogP contribution in [-0.2, 0) is 13.5 Å². The zero-order valence-corrected chi connectivity index (χ0v) is 11.5. The standard InChI is InChI=1S/C14H18N2OS/c1-11-3-5-13(6-4-11)18-10-12(17)9-14-15-7-8-16(14)2/h3-8,12,17H,9-10H2,1-2H3. The van der Waals surface area contributed by atoms with Crippen molar-refractivity contribution in [2.45, 2.75) is 24.3 Å². The van der Waals surface area contributed by atoms with E-state index in [1.165, 1.54) is 10.5 Å². The number of aromatic nitrogens is 2. The van der Waals surface area contributed by atoms with Gasteiger partial charge in [-0.3, -0.25) is 0 Å². The summed E-state index contributed by atoms with van der Waals surface area (Å²) in [7, 11) is 1.95. The zero-order chi connectivity index (χ0) is 13.0. The van der Waals surface area contributed by atoms with Crippen molar-refractivity contribution < 1.29 is 5.11 Å². The number of benzene rings is 1. The van der Waals surface area contributed by atoms with Crippen LogP contribution >= 0.6 is 11.8 Å². The lowest BCUT2D eigenvalue weighted by Gasteiger charge is -2.10. The van der Waals surface area contributed by atoms with Crippen molar-refractivity contribution in [1.82, 2.24) is 9.55 Å². The molecule has 0 spiro atoms. The van der Waals surface area contributed by atoms with Crippen LogP contribution in [0, 0.1) is 6.92 Å². The van der Waals surface area contributed by atoms with Gasteiger partial charge in [-0.15, -0.1) is 11.8 Å². The summed E-state index contributed by atoms with van der Waals surface area (Å²) < 4.78 is 1.94. The molecule has 0 amide bonds. The Labute approximate surface area is 112 Å². The van der Waals surface area contributed by atoms with Crippen molar-refractivity contribution in [2.75, 3.05) is 5.75 Å². The number of aliphatic hydroxyl groups excluding tert-OH is 1. The van der Waals surface area contributed by atoms with Gasteiger partial charge in [0.2, 0.25) is 0 Å². The fourth-order valence-electron chi connectivity index (χ4n) is 1.69. The molecular formula is C14H18N2OS. The van der Waals surface area contributed by atoms with Gasteiger partial charge in [-0.1, -0.05) is 17.7 Å². The molecule has 0 fully saturated rings. The minimum absolute atomic E-state index is 0.364. The molecule has 0 bridgehead atoms. The average molecular weight is 262 g/mol. The number of imidazole rings is 1. The molecule has 96 valence electrons. The summed E-state index contributed by atoms with van der Waals surface area (Å²) in [6, 6.07) is 8.36. The normalized spacial score (nSPS) is 12.6. The lowest BCUT2D eigenvalue weighted by atomic mass is 10.2. The van der Waals surface area contributed by atoms with E-state index in [9.17, 15) is 5.11 Å². The molecule has 1 unspecified atom stereocenters. The van der Waals surface area contributed by atoms with Crippen LogP contribution in [-0.4, -0.2) is 26.5 Å². The van der Waals surface area contributed by atoms with Crippen LogP contribution < -0.4 is 0 Å². The minimum atomic E-state index is -0.364. The van der Waals surface area contributed by atoms with Gasteiger partial charge in [-0.25, -0.2) is 4.98 Å². The number of nitrogens with zero attached hydrogens (tertiary/aromatic N) is 2. The summed E-state index contributed by atoms with van der Waals surface area (Å²) >= 11 is 1.68. The number of hydrogen-bond acceptors (Lipinski definition) is 3. The molecule has 0 aliphatic rings. The van der Waals surface area contributed by atoms with Gasteiger partial charge in [-0.2, -0.15) is 0 Å². The average Bonchev–Trinajstić information content (AvgIpc) is 2.74. The summed E-state index contributed by atoms with van der Waals surface area (Å²) in [5.74, 6) is 1.61. The maximum Gasteiger partial charge on any atom is 0.110 e. The molecule has 2 rings (SSSR count). The molecule has 1 atom stereocenters. The van der Waals surface area contributed by atoms with E-state index in [1.807, 2.05) is 17.8 Å². The second-order valence-corrected chi connectivity index (χ2v) is 5.53. The van der Waals surface area contributed by atoms with Crippen molar-refractivity contribution in [2.24, 2.45) is 7.05 Å². The monoisotopic (exact) mass is 262 g/mol. The molecule has 0 saturated heterocycles. The van der Waals surface area contributed by atoms with Crippen molar-refractivity contribution in [3.8, 4) is 0 Å². The maximum atomic E-state index is 9.99. The van der Waals surface area contributed by atoms with Crippen LogP contribution in [0.5, 0.6) is 0 Å². The van der Waals surface area contributed by atoms with Crippen molar-refractivity contribution in [3.63, 3.8) is 0 Å². The van der Waals surface area contributed by atoms with Crippen molar-refractivity contribution in [1.29, 1.82) is 0 Å². The van der Waals surface area contributed by atoms with Gasteiger partial charge < -0.3 is 9.67 Å². The van der Waals surface area contributed by atoms with Crippen molar-refractivity contribution >= 4 is 11.8 Å². The number of rotatable bonds is 5. The number of hydrogen-bond donors (Lipinski definition) is 1. The predicted octanol–water partition coefficient (Wildman–Crippen LogP) is 2.42. The summed E-state index contributed by atoms with van der Waals surface area (Å²) in [5.41, 5.74) is 1.26. The minimum Gasteiger partial charge on any atom is -0.392 e. The van der Waals surface area contributed by atoms with E-state index in [4.69, 9.17) is 0 Å². The Balaban J connectivity index is 1.83. The van der Waals surface area contributed by atoms with E-state index in [-0.39, 0.29) is 6.10 Å². The quantitative estimate of drug-likeness (QED) is 0.841. The summed E-state index contributed by atoms with van der Waals surface area (Å²) in [6.07, 6.45) is 3.89. The Hall–Kier alpha value is -1.26. The zero-order valence-electron chi connectivity index (χ0n) is 10.7. The summed E-state index contributed by atoms with van der Waals surface area (Å²) in [4.78, 5) is 5.41. The third-order valence-corrected chi connectivity index (χ3v) is 3.96. The molecule has 0 aliphatic carbocycles. The van der Waals surface area contributed by atoms with Crippen LogP contribution in [0.1, 0.15) is 11.4 Å². The highest BCUT2D eigenvalue weighted by Gasteiger charge is 2.09. The summed E-state index contributed by atoms with van der Waals surface area (Å²) in [6.45, 7) is 2.07. The smallest absolute Gasteiger partial charge is 0.110 e. The first-order chi connectivity index (χ1) is 8.65. The van der Waals surface area contributed by atoms with Crippen LogP contribution in [0.2, 0.25) is 0 Å². The molecule has 4 heteroatoms. The molecule has 2 aromatic rings. The Morgan fingerprint density at radius 3 is 2.67 bits per heavy atom. The Kier molecular flexibility index (Phi) is 4.44. The molecule has 0 saturated carbocycles. The number of aliphatic hydroxyl groups is 1. The van der Waals surface area contributed by atoms with E-state index in [2.05, 4.69) is 36.2 Å². The van der Waals surface area contributed by atoms with Crippen LogP contribution in [0.3, 0.4) is 0 Å². The molecule has 1 N–H and O–H groups in total. The Morgan fingerprint density at radius 2 is 2.06 bits per heavy atom. The SMILES string of the molecule is Cc1ccc(SCC(O)Cc2nccn2C)cc1. The van der Waals surface area contributed by atoms with Gasteiger partial charge in [0.05, 0.1) is 6.10 Å². The largest absolute Gasteiger partial charge is 0.392 e. The topological polar surface area (TPSA) is 38.1 Å². The third kappa shape index (κ3) is 3.62. The molecule has 1 aromatic carbocycles. The molecule has 3 nitrogen and oxygen atoms in total. The van der Waals surface area contributed by atoms with Gasteiger partial charge in [0, 0.05) is 36.5 Å². The second-order valence-electron chi connectivity index (χ2n) is 4.44. The second kappa shape index (κ2) is 6.07. The first-order valence-corrected chi connectivity index (χ1v) is 6.97. The third-order valence-electron chi connectivity index (χ3n) is 2.80. The maximum absolute atomic E-state index is 9.99. The molecule has 0 radical (unpaired) electrons. The first-order valence-electron chi connectivity index (χ1n) is 5.99. The fraction of sp³-hybridized carbons (Fsp3) is 0.357. The van der Waals surface area contributed by atoms with Gasteiger partial charge >= 0.3 is 0 Å². The highest BCUT2D eigenvalue weighted by Crippen LogP contribution is 2.19. The fourth-order valence-corrected chi connectivity index (χ4v) is 2.52. The lowest BCUT2D eigenvalue weighted by Crippen LogP contribution is -2.16. The van der Waals surface area contributed by atoms with E-state index < -0.39 is 0 Å². The van der Waals surface area contributed by atoms with Crippen molar-refractivity contribution in [3.05, 3.63) is 48.0 Å². The highest BCUT2D eigenvalue weighted by atomic mass is 32.2. The Morgan fingerprint density at radius 1 is 1.33 bits per heavy atom. The molecular weight excluding hydrogens is 244 g/mol. The first kappa shape index (κ1) is 13.2. The van der Waals surface area contributed by atoms with E-state index >= 15 is 0 Å².